The van der Waals surface area contributed by atoms with Crippen molar-refractivity contribution in [1.82, 2.24) is 5.32 Å². The summed E-state index contributed by atoms with van der Waals surface area (Å²) >= 11 is 0. The van der Waals surface area contributed by atoms with E-state index in [4.69, 9.17) is 19.5 Å². The van der Waals surface area contributed by atoms with Crippen molar-refractivity contribution >= 4 is 23.7 Å². The molecule has 0 fully saturated rings. The van der Waals surface area contributed by atoms with Gasteiger partial charge in [0.15, 0.2) is 12.6 Å². The van der Waals surface area contributed by atoms with Gasteiger partial charge in [0.25, 0.3) is 0 Å². The Morgan fingerprint density at radius 2 is 1.69 bits per heavy atom. The SMILES string of the molecule is CC(C)(O)COCC(NC(=O)OCc1ccc(NC(=O)Cc2ccc(F)cc2)cc1)C(=O)OCC#N. The molecule has 0 bridgehead atoms. The van der Waals surface area contributed by atoms with Crippen LogP contribution in [0, 0.1) is 17.1 Å². The zero-order valence-electron chi connectivity index (χ0n) is 20.0. The number of rotatable bonds is 12. The van der Waals surface area contributed by atoms with Crippen molar-refractivity contribution in [2.45, 2.75) is 38.5 Å². The molecule has 0 heterocycles. The number of hydrogen-bond donors (Lipinski definition) is 3. The summed E-state index contributed by atoms with van der Waals surface area (Å²) in [5, 5.41) is 23.3. The molecule has 0 radical (unpaired) electrons. The van der Waals surface area contributed by atoms with Gasteiger partial charge in [0.1, 0.15) is 18.5 Å². The summed E-state index contributed by atoms with van der Waals surface area (Å²) in [5.74, 6) is -1.53. The summed E-state index contributed by atoms with van der Waals surface area (Å²) in [6.45, 7) is 2.01. The Bertz CT molecular complexity index is 1060. The fourth-order valence-electron chi connectivity index (χ4n) is 2.81. The maximum absolute atomic E-state index is 13.0. The predicted octanol–water partition coefficient (Wildman–Crippen LogP) is 2.46. The lowest BCUT2D eigenvalue weighted by Crippen LogP contribution is -2.46. The number of halogens is 1. The van der Waals surface area contributed by atoms with Gasteiger partial charge in [0.05, 0.1) is 25.2 Å². The number of esters is 1. The lowest BCUT2D eigenvalue weighted by molar-refractivity contribution is -0.147. The molecule has 192 valence electrons. The molecule has 36 heavy (non-hydrogen) atoms. The van der Waals surface area contributed by atoms with Gasteiger partial charge in [-0.1, -0.05) is 24.3 Å². The van der Waals surface area contributed by atoms with Gasteiger partial charge < -0.3 is 30.0 Å². The second kappa shape index (κ2) is 13.8. The van der Waals surface area contributed by atoms with Crippen molar-refractivity contribution in [3.63, 3.8) is 0 Å². The molecule has 2 aromatic carbocycles. The summed E-state index contributed by atoms with van der Waals surface area (Å²) in [6, 6.07) is 12.6. The van der Waals surface area contributed by atoms with Gasteiger partial charge in [-0.2, -0.15) is 5.26 Å². The van der Waals surface area contributed by atoms with E-state index >= 15 is 0 Å². The van der Waals surface area contributed by atoms with Crippen molar-refractivity contribution in [2.75, 3.05) is 25.1 Å². The van der Waals surface area contributed by atoms with Crippen LogP contribution in [0.5, 0.6) is 0 Å². The number of anilines is 1. The third kappa shape index (κ3) is 10.9. The molecule has 10 nitrogen and oxygen atoms in total. The summed E-state index contributed by atoms with van der Waals surface area (Å²) in [7, 11) is 0. The number of alkyl carbamates (subject to hydrolysis) is 1. The van der Waals surface area contributed by atoms with Crippen LogP contribution in [-0.2, 0) is 36.8 Å². The molecule has 2 rings (SSSR count). The molecular weight excluding hydrogens is 473 g/mol. The molecule has 2 amide bonds. The minimum atomic E-state index is -1.24. The molecule has 0 aliphatic rings. The molecule has 0 saturated carbocycles. The molecule has 1 atom stereocenters. The quantitative estimate of drug-likeness (QED) is 0.376. The number of nitriles is 1. The highest BCUT2D eigenvalue weighted by Crippen LogP contribution is 2.12. The predicted molar refractivity (Wildman–Crippen MR) is 126 cm³/mol. The van der Waals surface area contributed by atoms with Gasteiger partial charge in [-0.05, 0) is 49.2 Å². The first kappa shape index (κ1) is 28.2. The molecule has 2 aromatic rings. The van der Waals surface area contributed by atoms with E-state index < -0.39 is 30.3 Å². The van der Waals surface area contributed by atoms with Crippen LogP contribution in [0.2, 0.25) is 0 Å². The summed E-state index contributed by atoms with van der Waals surface area (Å²) in [4.78, 5) is 36.4. The molecule has 0 aromatic heterocycles. The van der Waals surface area contributed by atoms with Gasteiger partial charge in [-0.25, -0.2) is 14.0 Å². The number of carbonyl (C=O) groups excluding carboxylic acids is 3. The first-order valence-electron chi connectivity index (χ1n) is 11.0. The maximum Gasteiger partial charge on any atom is 0.408 e. The van der Waals surface area contributed by atoms with E-state index in [9.17, 15) is 23.9 Å². The van der Waals surface area contributed by atoms with Crippen LogP contribution < -0.4 is 10.6 Å². The standard InChI is InChI=1S/C25H28FN3O7/c1-25(2,33)16-34-15-21(23(31)35-12-11-27)29-24(32)36-14-18-5-9-20(10-6-18)28-22(30)13-17-3-7-19(26)8-4-17/h3-10,21,33H,12-16H2,1-2H3,(H,28,30)(H,29,32). The van der Waals surface area contributed by atoms with Crippen LogP contribution in [0.3, 0.4) is 0 Å². The van der Waals surface area contributed by atoms with Gasteiger partial charge in [0, 0.05) is 5.69 Å². The van der Waals surface area contributed by atoms with Crippen molar-refractivity contribution in [1.29, 1.82) is 5.26 Å². The fourth-order valence-corrected chi connectivity index (χ4v) is 2.81. The van der Waals surface area contributed by atoms with Crippen molar-refractivity contribution in [2.24, 2.45) is 0 Å². The summed E-state index contributed by atoms with van der Waals surface area (Å²) < 4.78 is 28.1. The smallest absolute Gasteiger partial charge is 0.408 e. The van der Waals surface area contributed by atoms with Crippen molar-refractivity contribution < 1.29 is 38.1 Å². The number of hydrogen-bond acceptors (Lipinski definition) is 8. The minimum Gasteiger partial charge on any atom is -0.449 e. The third-order valence-electron chi connectivity index (χ3n) is 4.48. The van der Waals surface area contributed by atoms with E-state index in [2.05, 4.69) is 10.6 Å². The highest BCUT2D eigenvalue weighted by atomic mass is 19.1. The van der Waals surface area contributed by atoms with Gasteiger partial charge >= 0.3 is 12.1 Å². The number of amides is 2. The topological polar surface area (TPSA) is 147 Å². The Kier molecular flexibility index (Phi) is 10.8. The van der Waals surface area contributed by atoms with E-state index in [0.29, 0.717) is 16.8 Å². The van der Waals surface area contributed by atoms with Crippen molar-refractivity contribution in [3.8, 4) is 6.07 Å². The van der Waals surface area contributed by atoms with E-state index in [-0.39, 0.29) is 38.0 Å². The average molecular weight is 502 g/mol. The van der Waals surface area contributed by atoms with E-state index in [1.54, 1.807) is 30.3 Å². The molecular formula is C25H28FN3O7. The average Bonchev–Trinajstić information content (AvgIpc) is 2.82. The zero-order valence-corrected chi connectivity index (χ0v) is 20.0. The third-order valence-corrected chi connectivity index (χ3v) is 4.48. The summed E-state index contributed by atoms with van der Waals surface area (Å²) in [6.07, 6.45) is -0.833. The highest BCUT2D eigenvalue weighted by molar-refractivity contribution is 5.92. The molecule has 0 aliphatic heterocycles. The van der Waals surface area contributed by atoms with Crippen LogP contribution in [0.25, 0.3) is 0 Å². The normalized spacial score (nSPS) is 11.6. The molecule has 3 N–H and O–H groups in total. The fraction of sp³-hybridized carbons (Fsp3) is 0.360. The number of carbonyl (C=O) groups is 3. The monoisotopic (exact) mass is 501 g/mol. The molecule has 0 spiro atoms. The highest BCUT2D eigenvalue weighted by Gasteiger charge is 2.25. The first-order chi connectivity index (χ1) is 17.1. The van der Waals surface area contributed by atoms with Crippen molar-refractivity contribution in [3.05, 3.63) is 65.5 Å². The number of benzene rings is 2. The number of nitrogens with one attached hydrogen (secondary N) is 2. The number of aliphatic hydroxyl groups is 1. The Morgan fingerprint density at radius 3 is 2.31 bits per heavy atom. The second-order valence-electron chi connectivity index (χ2n) is 8.41. The van der Waals surface area contributed by atoms with Crippen LogP contribution >= 0.6 is 0 Å². The lowest BCUT2D eigenvalue weighted by Gasteiger charge is -2.21. The van der Waals surface area contributed by atoms with Crippen LogP contribution in [0.4, 0.5) is 14.9 Å². The Hall–Kier alpha value is -4.01. The van der Waals surface area contributed by atoms with Crippen LogP contribution in [0.15, 0.2) is 48.5 Å². The minimum absolute atomic E-state index is 0.0861. The molecule has 1 unspecified atom stereocenters. The molecule has 0 saturated heterocycles. The maximum atomic E-state index is 13.0. The number of nitrogens with zero attached hydrogens (tertiary/aromatic N) is 1. The molecule has 11 heteroatoms. The summed E-state index contributed by atoms with van der Waals surface area (Å²) in [5.41, 5.74) is 0.669. The molecule has 0 aliphatic carbocycles. The van der Waals surface area contributed by atoms with E-state index in [1.165, 1.54) is 38.1 Å². The first-order valence-corrected chi connectivity index (χ1v) is 11.0. The Balaban J connectivity index is 1.83. The second-order valence-corrected chi connectivity index (χ2v) is 8.41. The van der Waals surface area contributed by atoms with Gasteiger partial charge in [-0.15, -0.1) is 0 Å². The van der Waals surface area contributed by atoms with Crippen LogP contribution in [0.1, 0.15) is 25.0 Å². The lowest BCUT2D eigenvalue weighted by atomic mass is 10.1. The Morgan fingerprint density at radius 1 is 1.06 bits per heavy atom. The Labute approximate surface area is 208 Å². The van der Waals surface area contributed by atoms with Crippen LogP contribution in [-0.4, -0.2) is 54.5 Å². The number of ether oxygens (including phenoxy) is 3. The largest absolute Gasteiger partial charge is 0.449 e. The van der Waals surface area contributed by atoms with Gasteiger partial charge in [0.2, 0.25) is 5.91 Å². The zero-order chi connectivity index (χ0) is 26.6. The van der Waals surface area contributed by atoms with Gasteiger partial charge in [-0.3, -0.25) is 4.79 Å². The van der Waals surface area contributed by atoms with E-state index in [0.717, 1.165) is 0 Å². The van der Waals surface area contributed by atoms with E-state index in [1.807, 2.05) is 0 Å².